The number of hydrogen-bond donors (Lipinski definition) is 3. The molecule has 0 fully saturated rings. The van der Waals surface area contributed by atoms with Crippen molar-refractivity contribution in [1.82, 2.24) is 4.68 Å². The molecular weight excluding hydrogens is 509 g/mol. The van der Waals surface area contributed by atoms with Gasteiger partial charge in [-0.25, -0.2) is 4.68 Å². The molecule has 4 rings (SSSR count). The molecule has 1 aromatic heterocycles. The predicted octanol–water partition coefficient (Wildman–Crippen LogP) is 5.84. The smallest absolute Gasteiger partial charge is 0.321 e. The van der Waals surface area contributed by atoms with Gasteiger partial charge in [-0.1, -0.05) is 36.7 Å². The Morgan fingerprint density at radius 1 is 0.865 bits per heavy atom. The molecule has 11 heteroatoms. The van der Waals surface area contributed by atoms with Crippen LogP contribution in [0.15, 0.2) is 72.8 Å². The maximum absolute atomic E-state index is 13.1. The number of halogens is 4. The number of aryl methyl sites for hydroxylation is 1. The lowest BCUT2D eigenvalue weighted by Crippen LogP contribution is -2.36. The number of carbonyl (C=O) groups excluding carboxylic acids is 3. The number of carbonyl (C=O) groups is 3. The molecule has 0 saturated heterocycles. The molecule has 3 amide bonds. The Hall–Kier alpha value is -4.31. The van der Waals surface area contributed by atoms with Gasteiger partial charge in [-0.05, 0) is 66.6 Å². The van der Waals surface area contributed by atoms with Gasteiger partial charge in [0, 0.05) is 21.8 Å². The Morgan fingerprint density at radius 3 is 2.27 bits per heavy atom. The molecule has 0 atom stereocenters. The van der Waals surface area contributed by atoms with Gasteiger partial charge in [-0.15, -0.1) is 0 Å². The van der Waals surface area contributed by atoms with Crippen LogP contribution in [0.1, 0.15) is 28.5 Å². The molecule has 1 heterocycles. The minimum absolute atomic E-state index is 0.00273. The number of hydrogen-bond acceptors (Lipinski definition) is 3. The number of alkyl halides is 3. The summed E-state index contributed by atoms with van der Waals surface area (Å²) in [6, 6.07) is 17.2. The van der Waals surface area contributed by atoms with Gasteiger partial charge in [0.15, 0.2) is 0 Å². The van der Waals surface area contributed by atoms with E-state index in [-0.39, 0.29) is 11.4 Å². The first-order chi connectivity index (χ1) is 17.5. The number of nitrogens with one attached hydrogen (secondary N) is 3. The molecule has 37 heavy (non-hydrogen) atoms. The first-order valence-electron chi connectivity index (χ1n) is 11.1. The van der Waals surface area contributed by atoms with E-state index in [1.54, 1.807) is 30.3 Å². The van der Waals surface area contributed by atoms with E-state index >= 15 is 0 Å². The summed E-state index contributed by atoms with van der Waals surface area (Å²) < 4.78 is 40.0. The van der Waals surface area contributed by atoms with Crippen molar-refractivity contribution in [2.45, 2.75) is 19.5 Å². The zero-order chi connectivity index (χ0) is 26.7. The Labute approximate surface area is 214 Å². The zero-order valence-electron chi connectivity index (χ0n) is 19.3. The SMILES string of the molecule is CCc1ccc(NC(=O)c2cc3cc(Cl)ccc3n2NC(=O)C(=O)Nc2cccc(C(F)(F)F)c2)cc1. The van der Waals surface area contributed by atoms with Crippen LogP contribution in [-0.2, 0) is 22.2 Å². The van der Waals surface area contributed by atoms with Gasteiger partial charge in [-0.2, -0.15) is 13.2 Å². The van der Waals surface area contributed by atoms with E-state index in [0.717, 1.165) is 28.8 Å². The zero-order valence-corrected chi connectivity index (χ0v) is 20.1. The second kappa shape index (κ2) is 10.4. The average Bonchev–Trinajstić information content (AvgIpc) is 3.21. The van der Waals surface area contributed by atoms with Crippen LogP contribution >= 0.6 is 11.6 Å². The van der Waals surface area contributed by atoms with Crippen molar-refractivity contribution < 1.29 is 27.6 Å². The number of benzene rings is 3. The summed E-state index contributed by atoms with van der Waals surface area (Å²) in [5.41, 5.74) is 3.12. The van der Waals surface area contributed by atoms with Gasteiger partial charge < -0.3 is 10.6 Å². The van der Waals surface area contributed by atoms with Crippen LogP contribution in [-0.4, -0.2) is 22.4 Å². The van der Waals surface area contributed by atoms with Crippen LogP contribution in [0.3, 0.4) is 0 Å². The van der Waals surface area contributed by atoms with Crippen LogP contribution in [0, 0.1) is 0 Å². The summed E-state index contributed by atoms with van der Waals surface area (Å²) in [5.74, 6) is -3.00. The van der Waals surface area contributed by atoms with Gasteiger partial charge in [0.1, 0.15) is 5.69 Å². The lowest BCUT2D eigenvalue weighted by Gasteiger charge is -2.13. The fourth-order valence-corrected chi connectivity index (χ4v) is 3.79. The van der Waals surface area contributed by atoms with Crippen LogP contribution in [0.2, 0.25) is 5.02 Å². The van der Waals surface area contributed by atoms with Crippen LogP contribution in [0.25, 0.3) is 10.9 Å². The van der Waals surface area contributed by atoms with E-state index < -0.39 is 29.5 Å². The Bertz CT molecular complexity index is 1500. The molecule has 3 aromatic carbocycles. The van der Waals surface area contributed by atoms with Crippen molar-refractivity contribution in [3.05, 3.63) is 94.6 Å². The topological polar surface area (TPSA) is 92.2 Å². The van der Waals surface area contributed by atoms with E-state index in [9.17, 15) is 27.6 Å². The molecule has 0 radical (unpaired) electrons. The van der Waals surface area contributed by atoms with Crippen molar-refractivity contribution >= 4 is 51.6 Å². The third-order valence-corrected chi connectivity index (χ3v) is 5.72. The van der Waals surface area contributed by atoms with Crippen LogP contribution < -0.4 is 16.1 Å². The molecule has 4 aromatic rings. The van der Waals surface area contributed by atoms with E-state index in [4.69, 9.17) is 11.6 Å². The molecule has 0 spiro atoms. The summed E-state index contributed by atoms with van der Waals surface area (Å²) in [5, 5.41) is 5.78. The van der Waals surface area contributed by atoms with Crippen molar-refractivity contribution in [3.8, 4) is 0 Å². The van der Waals surface area contributed by atoms with Crippen molar-refractivity contribution in [3.63, 3.8) is 0 Å². The third-order valence-electron chi connectivity index (χ3n) is 5.48. The summed E-state index contributed by atoms with van der Waals surface area (Å²) in [6.07, 6.45) is -3.79. The first-order valence-corrected chi connectivity index (χ1v) is 11.4. The molecule has 3 N–H and O–H groups in total. The number of fused-ring (bicyclic) bond motifs is 1. The average molecular weight is 529 g/mol. The number of anilines is 2. The van der Waals surface area contributed by atoms with Gasteiger partial charge in [0.2, 0.25) is 0 Å². The summed E-state index contributed by atoms with van der Waals surface area (Å²) in [4.78, 5) is 38.3. The predicted molar refractivity (Wildman–Crippen MR) is 135 cm³/mol. The molecule has 7 nitrogen and oxygen atoms in total. The number of rotatable bonds is 5. The van der Waals surface area contributed by atoms with Gasteiger partial charge in [-0.3, -0.25) is 19.8 Å². The van der Waals surface area contributed by atoms with Crippen molar-refractivity contribution in [2.24, 2.45) is 0 Å². The van der Waals surface area contributed by atoms with E-state index in [1.807, 2.05) is 19.1 Å². The lowest BCUT2D eigenvalue weighted by molar-refractivity contribution is -0.137. The fourth-order valence-electron chi connectivity index (χ4n) is 3.61. The molecule has 0 saturated carbocycles. The molecule has 0 aliphatic rings. The standard InChI is InChI=1S/C26H20ClF3N4O3/c1-2-15-6-9-19(10-7-15)31-23(35)22-13-16-12-18(27)8-11-21(16)34(22)33-25(37)24(36)32-20-5-3-4-17(14-20)26(28,29)30/h3-14H,2H2,1H3,(H,31,35)(H,32,36)(H,33,37). The van der Waals surface area contributed by atoms with E-state index in [2.05, 4.69) is 16.1 Å². The van der Waals surface area contributed by atoms with E-state index in [0.29, 0.717) is 27.7 Å². The van der Waals surface area contributed by atoms with Gasteiger partial charge in [0.05, 0.1) is 11.1 Å². The Kier molecular flexibility index (Phi) is 7.21. The number of nitrogens with zero attached hydrogens (tertiary/aromatic N) is 1. The van der Waals surface area contributed by atoms with Crippen molar-refractivity contribution in [1.29, 1.82) is 0 Å². The normalized spacial score (nSPS) is 11.3. The van der Waals surface area contributed by atoms with E-state index in [1.165, 1.54) is 12.1 Å². The quantitative estimate of drug-likeness (QED) is 0.284. The third kappa shape index (κ3) is 5.92. The molecule has 0 aliphatic carbocycles. The van der Waals surface area contributed by atoms with Gasteiger partial charge >= 0.3 is 18.0 Å². The molecule has 0 bridgehead atoms. The fraction of sp³-hybridized carbons (Fsp3) is 0.115. The highest BCUT2D eigenvalue weighted by molar-refractivity contribution is 6.42. The molecule has 0 aliphatic heterocycles. The summed E-state index contributed by atoms with van der Waals surface area (Å²) in [7, 11) is 0. The Morgan fingerprint density at radius 2 is 1.59 bits per heavy atom. The highest BCUT2D eigenvalue weighted by Gasteiger charge is 2.30. The van der Waals surface area contributed by atoms with Crippen LogP contribution in [0.4, 0.5) is 24.5 Å². The number of amides is 3. The maximum Gasteiger partial charge on any atom is 0.416 e. The van der Waals surface area contributed by atoms with Gasteiger partial charge in [0.25, 0.3) is 5.91 Å². The van der Waals surface area contributed by atoms with Crippen LogP contribution in [0.5, 0.6) is 0 Å². The highest BCUT2D eigenvalue weighted by atomic mass is 35.5. The molecule has 0 unspecified atom stereocenters. The molecule has 190 valence electrons. The first kappa shape index (κ1) is 25.8. The second-order valence-electron chi connectivity index (χ2n) is 8.05. The minimum Gasteiger partial charge on any atom is -0.321 e. The lowest BCUT2D eigenvalue weighted by atomic mass is 10.1. The largest absolute Gasteiger partial charge is 0.416 e. The minimum atomic E-state index is -4.62. The molecular formula is C26H20ClF3N4O3. The maximum atomic E-state index is 13.1. The number of aromatic nitrogens is 1. The second-order valence-corrected chi connectivity index (χ2v) is 8.48. The summed E-state index contributed by atoms with van der Waals surface area (Å²) >= 11 is 6.07. The Balaban J connectivity index is 1.59. The van der Waals surface area contributed by atoms with Crippen molar-refractivity contribution in [2.75, 3.05) is 16.1 Å². The summed E-state index contributed by atoms with van der Waals surface area (Å²) in [6.45, 7) is 2.00. The monoisotopic (exact) mass is 528 g/mol. The highest BCUT2D eigenvalue weighted by Crippen LogP contribution is 2.30.